The van der Waals surface area contributed by atoms with Gasteiger partial charge in [-0.3, -0.25) is 9.69 Å². The zero-order chi connectivity index (χ0) is 20.1. The van der Waals surface area contributed by atoms with E-state index in [0.29, 0.717) is 38.5 Å². The number of rotatable bonds is 7. The van der Waals surface area contributed by atoms with Crippen LogP contribution in [0.25, 0.3) is 0 Å². The van der Waals surface area contributed by atoms with Crippen molar-refractivity contribution in [2.75, 3.05) is 32.8 Å². The maximum absolute atomic E-state index is 12.9. The molecule has 3 rings (SSSR count). The van der Waals surface area contributed by atoms with Crippen molar-refractivity contribution >= 4 is 27.5 Å². The minimum Gasteiger partial charge on any atom is -0.484 e. The van der Waals surface area contributed by atoms with Gasteiger partial charge in [0.05, 0.1) is 4.90 Å². The van der Waals surface area contributed by atoms with Crippen LogP contribution in [-0.4, -0.2) is 56.3 Å². The van der Waals surface area contributed by atoms with Crippen molar-refractivity contribution in [1.82, 2.24) is 9.21 Å². The summed E-state index contributed by atoms with van der Waals surface area (Å²) in [6.45, 7) is 2.52. The van der Waals surface area contributed by atoms with Crippen LogP contribution in [0.5, 0.6) is 5.75 Å². The smallest absolute Gasteiger partial charge is 0.255 e. The first-order chi connectivity index (χ1) is 13.4. The lowest BCUT2D eigenvalue weighted by atomic mass is 10.2. The number of nitrogens with two attached hydrogens (primary N) is 1. The highest BCUT2D eigenvalue weighted by molar-refractivity contribution is 7.89. The van der Waals surface area contributed by atoms with E-state index in [1.165, 1.54) is 28.6 Å². The molecular formula is C19H22ClN3O4S. The van der Waals surface area contributed by atoms with E-state index in [1.54, 1.807) is 0 Å². The van der Waals surface area contributed by atoms with Crippen molar-refractivity contribution in [3.63, 3.8) is 0 Å². The van der Waals surface area contributed by atoms with Gasteiger partial charge in [-0.05, 0) is 35.9 Å². The summed E-state index contributed by atoms with van der Waals surface area (Å²) in [6, 6.07) is 13.7. The zero-order valence-electron chi connectivity index (χ0n) is 15.3. The summed E-state index contributed by atoms with van der Waals surface area (Å²) in [5, 5.41) is 0.719. The lowest BCUT2D eigenvalue weighted by Gasteiger charge is -2.34. The number of benzene rings is 2. The van der Waals surface area contributed by atoms with E-state index in [0.717, 1.165) is 10.6 Å². The van der Waals surface area contributed by atoms with Gasteiger partial charge in [0, 0.05) is 37.7 Å². The Kier molecular flexibility index (Phi) is 6.56. The Labute approximate surface area is 169 Å². The molecule has 1 fully saturated rings. The molecule has 0 spiro atoms. The predicted octanol–water partition coefficient (Wildman–Crippen LogP) is 1.71. The number of amides is 1. The lowest BCUT2D eigenvalue weighted by Crippen LogP contribution is -2.48. The van der Waals surface area contributed by atoms with Crippen LogP contribution in [0.4, 0.5) is 0 Å². The molecule has 9 heteroatoms. The second kappa shape index (κ2) is 8.91. The summed E-state index contributed by atoms with van der Waals surface area (Å²) >= 11 is 6.21. The summed E-state index contributed by atoms with van der Waals surface area (Å²) in [5.41, 5.74) is 6.06. The maximum atomic E-state index is 12.9. The molecule has 150 valence electrons. The van der Waals surface area contributed by atoms with Gasteiger partial charge < -0.3 is 10.5 Å². The van der Waals surface area contributed by atoms with Crippen molar-refractivity contribution in [2.45, 2.75) is 11.4 Å². The van der Waals surface area contributed by atoms with E-state index in [2.05, 4.69) is 4.90 Å². The third-order valence-electron chi connectivity index (χ3n) is 4.53. The van der Waals surface area contributed by atoms with E-state index in [9.17, 15) is 13.2 Å². The average molecular weight is 424 g/mol. The molecule has 28 heavy (non-hydrogen) atoms. The molecule has 1 heterocycles. The molecule has 0 aliphatic carbocycles. The first-order valence-corrected chi connectivity index (χ1v) is 10.6. The quantitative estimate of drug-likeness (QED) is 0.731. The minimum atomic E-state index is -3.58. The van der Waals surface area contributed by atoms with E-state index in [1.807, 2.05) is 24.3 Å². The topological polar surface area (TPSA) is 92.9 Å². The van der Waals surface area contributed by atoms with Gasteiger partial charge in [0.15, 0.2) is 6.61 Å². The van der Waals surface area contributed by atoms with Crippen molar-refractivity contribution in [3.8, 4) is 5.75 Å². The van der Waals surface area contributed by atoms with E-state index in [4.69, 9.17) is 22.1 Å². The molecule has 2 N–H and O–H groups in total. The van der Waals surface area contributed by atoms with Gasteiger partial charge in [-0.1, -0.05) is 29.8 Å². The van der Waals surface area contributed by atoms with E-state index >= 15 is 0 Å². The van der Waals surface area contributed by atoms with Crippen molar-refractivity contribution in [3.05, 3.63) is 59.1 Å². The highest BCUT2D eigenvalue weighted by Gasteiger charge is 2.28. The van der Waals surface area contributed by atoms with Crippen molar-refractivity contribution < 1.29 is 17.9 Å². The summed E-state index contributed by atoms with van der Waals surface area (Å²) in [6.07, 6.45) is 0. The SMILES string of the molecule is NC(=O)COc1ccc(S(=O)(=O)N2CCN(Cc3ccccc3Cl)CC2)cc1. The van der Waals surface area contributed by atoms with Crippen LogP contribution >= 0.6 is 11.6 Å². The Balaban J connectivity index is 1.59. The molecule has 0 unspecified atom stereocenters. The van der Waals surface area contributed by atoms with Crippen LogP contribution in [-0.2, 0) is 21.4 Å². The summed E-state index contributed by atoms with van der Waals surface area (Å²) in [4.78, 5) is 13.1. The number of piperazine rings is 1. The molecule has 0 atom stereocenters. The molecule has 1 saturated heterocycles. The Bertz CT molecular complexity index is 926. The van der Waals surface area contributed by atoms with Gasteiger partial charge in [0.2, 0.25) is 10.0 Å². The molecule has 0 aromatic heterocycles. The van der Waals surface area contributed by atoms with Gasteiger partial charge in [-0.2, -0.15) is 4.31 Å². The lowest BCUT2D eigenvalue weighted by molar-refractivity contribution is -0.119. The molecule has 2 aromatic rings. The second-order valence-electron chi connectivity index (χ2n) is 6.50. The zero-order valence-corrected chi connectivity index (χ0v) is 16.8. The number of nitrogens with zero attached hydrogens (tertiary/aromatic N) is 2. The number of halogens is 1. The van der Waals surface area contributed by atoms with Crippen LogP contribution in [0.2, 0.25) is 5.02 Å². The largest absolute Gasteiger partial charge is 0.484 e. The normalized spacial score (nSPS) is 16.0. The van der Waals surface area contributed by atoms with Crippen molar-refractivity contribution in [2.24, 2.45) is 5.73 Å². The molecule has 1 aliphatic heterocycles. The fourth-order valence-corrected chi connectivity index (χ4v) is 4.62. The number of hydrogen-bond donors (Lipinski definition) is 1. The predicted molar refractivity (Wildman–Crippen MR) is 107 cm³/mol. The van der Waals surface area contributed by atoms with Crippen LogP contribution < -0.4 is 10.5 Å². The monoisotopic (exact) mass is 423 g/mol. The second-order valence-corrected chi connectivity index (χ2v) is 8.84. The minimum absolute atomic E-state index is 0.193. The summed E-state index contributed by atoms with van der Waals surface area (Å²) in [5.74, 6) is -0.200. The number of carbonyl (C=O) groups is 1. The third kappa shape index (κ3) is 5.02. The molecule has 0 bridgehead atoms. The summed E-state index contributed by atoms with van der Waals surface area (Å²) in [7, 11) is -3.58. The standard InChI is InChI=1S/C19H22ClN3O4S/c20-18-4-2-1-3-15(18)13-22-9-11-23(12-10-22)28(25,26)17-7-5-16(6-8-17)27-14-19(21)24/h1-8H,9-14H2,(H2,21,24). The van der Waals surface area contributed by atoms with E-state index in [-0.39, 0.29) is 11.5 Å². The van der Waals surface area contributed by atoms with Crippen LogP contribution in [0, 0.1) is 0 Å². The van der Waals surface area contributed by atoms with Gasteiger partial charge in [-0.25, -0.2) is 8.42 Å². The Hall–Kier alpha value is -2.13. The third-order valence-corrected chi connectivity index (χ3v) is 6.81. The van der Waals surface area contributed by atoms with Gasteiger partial charge in [-0.15, -0.1) is 0 Å². The molecule has 1 amide bonds. The number of ether oxygens (including phenoxy) is 1. The fraction of sp³-hybridized carbons (Fsp3) is 0.316. The molecule has 1 aliphatic rings. The average Bonchev–Trinajstić information content (AvgIpc) is 2.69. The number of carbonyl (C=O) groups excluding carboxylic acids is 1. The van der Waals surface area contributed by atoms with Gasteiger partial charge >= 0.3 is 0 Å². The Morgan fingerprint density at radius 3 is 2.29 bits per heavy atom. The maximum Gasteiger partial charge on any atom is 0.255 e. The molecule has 2 aromatic carbocycles. The van der Waals surface area contributed by atoms with E-state index < -0.39 is 15.9 Å². The number of hydrogen-bond acceptors (Lipinski definition) is 5. The highest BCUT2D eigenvalue weighted by atomic mass is 35.5. The first-order valence-electron chi connectivity index (χ1n) is 8.83. The Morgan fingerprint density at radius 1 is 1.04 bits per heavy atom. The van der Waals surface area contributed by atoms with Gasteiger partial charge in [0.1, 0.15) is 5.75 Å². The van der Waals surface area contributed by atoms with Gasteiger partial charge in [0.25, 0.3) is 5.91 Å². The molecular weight excluding hydrogens is 402 g/mol. The Morgan fingerprint density at radius 2 is 1.68 bits per heavy atom. The fourth-order valence-electron chi connectivity index (χ4n) is 3.01. The summed E-state index contributed by atoms with van der Waals surface area (Å²) < 4.78 is 32.4. The first kappa shape index (κ1) is 20.6. The molecule has 0 radical (unpaired) electrons. The number of primary amides is 1. The van der Waals surface area contributed by atoms with Crippen LogP contribution in [0.3, 0.4) is 0 Å². The number of sulfonamides is 1. The van der Waals surface area contributed by atoms with Crippen molar-refractivity contribution in [1.29, 1.82) is 0 Å². The van der Waals surface area contributed by atoms with Crippen LogP contribution in [0.1, 0.15) is 5.56 Å². The molecule has 7 nitrogen and oxygen atoms in total. The highest BCUT2D eigenvalue weighted by Crippen LogP contribution is 2.22. The van der Waals surface area contributed by atoms with Crippen LogP contribution in [0.15, 0.2) is 53.4 Å². The molecule has 0 saturated carbocycles.